The molecule has 0 aliphatic carbocycles. The van der Waals surface area contributed by atoms with Gasteiger partial charge in [0.15, 0.2) is 0 Å². The average Bonchev–Trinajstić information content (AvgIpc) is 2.53. The number of amides is 1. The molecule has 140 valence electrons. The number of hydrogen-bond donors (Lipinski definition) is 2. The number of morpholine rings is 1. The Hall–Kier alpha value is -1.43. The Morgan fingerprint density at radius 3 is 2.40 bits per heavy atom. The molecule has 1 fully saturated rings. The first kappa shape index (κ1) is 19.9. The quantitative estimate of drug-likeness (QED) is 0.789. The largest absolute Gasteiger partial charge is 0.391 e. The summed E-state index contributed by atoms with van der Waals surface area (Å²) in [5, 5.41) is 13.2. The summed E-state index contributed by atoms with van der Waals surface area (Å²) in [5.74, 6) is 0.187. The Labute approximate surface area is 151 Å². The maximum Gasteiger partial charge on any atom is 0.237 e. The van der Waals surface area contributed by atoms with Crippen molar-refractivity contribution in [1.29, 1.82) is 0 Å². The highest BCUT2D eigenvalue weighted by Crippen LogP contribution is 2.18. The molecule has 5 heteroatoms. The average molecular weight is 348 g/mol. The summed E-state index contributed by atoms with van der Waals surface area (Å²) < 4.78 is 5.78. The lowest BCUT2D eigenvalue weighted by Crippen LogP contribution is -2.57. The third-order valence-electron chi connectivity index (χ3n) is 4.57. The highest BCUT2D eigenvalue weighted by atomic mass is 16.5. The van der Waals surface area contributed by atoms with E-state index in [1.54, 1.807) is 0 Å². The molecule has 25 heavy (non-hydrogen) atoms. The van der Waals surface area contributed by atoms with Crippen molar-refractivity contribution in [3.63, 3.8) is 0 Å². The van der Waals surface area contributed by atoms with E-state index in [9.17, 15) is 9.90 Å². The van der Waals surface area contributed by atoms with Crippen molar-refractivity contribution in [3.8, 4) is 0 Å². The van der Waals surface area contributed by atoms with Crippen molar-refractivity contribution in [2.24, 2.45) is 5.92 Å². The van der Waals surface area contributed by atoms with Crippen LogP contribution in [0.15, 0.2) is 30.3 Å². The molecule has 4 unspecified atom stereocenters. The summed E-state index contributed by atoms with van der Waals surface area (Å²) >= 11 is 0. The van der Waals surface area contributed by atoms with Crippen molar-refractivity contribution in [2.45, 2.75) is 58.5 Å². The number of rotatable bonds is 7. The molecular weight excluding hydrogens is 316 g/mol. The van der Waals surface area contributed by atoms with Crippen LogP contribution in [-0.2, 0) is 16.0 Å². The zero-order valence-corrected chi connectivity index (χ0v) is 15.8. The molecule has 1 aliphatic heterocycles. The van der Waals surface area contributed by atoms with E-state index < -0.39 is 6.10 Å². The van der Waals surface area contributed by atoms with Gasteiger partial charge < -0.3 is 15.2 Å². The van der Waals surface area contributed by atoms with Crippen molar-refractivity contribution in [2.75, 3.05) is 19.6 Å². The lowest BCUT2D eigenvalue weighted by atomic mass is 9.99. The second kappa shape index (κ2) is 9.32. The van der Waals surface area contributed by atoms with Gasteiger partial charge in [0.1, 0.15) is 0 Å². The number of nitrogens with zero attached hydrogens (tertiary/aromatic N) is 1. The van der Waals surface area contributed by atoms with Gasteiger partial charge in [-0.15, -0.1) is 0 Å². The number of carbonyl (C=O) groups excluding carboxylic acids is 1. The lowest BCUT2D eigenvalue weighted by molar-refractivity contribution is -0.135. The molecule has 1 aromatic carbocycles. The number of aliphatic hydroxyl groups excluding tert-OH is 1. The zero-order valence-electron chi connectivity index (χ0n) is 15.8. The minimum atomic E-state index is -0.582. The van der Waals surface area contributed by atoms with Crippen LogP contribution in [0.5, 0.6) is 0 Å². The van der Waals surface area contributed by atoms with Crippen LogP contribution >= 0.6 is 0 Å². The summed E-state index contributed by atoms with van der Waals surface area (Å²) in [6.45, 7) is 10.0. The van der Waals surface area contributed by atoms with Crippen LogP contribution in [0.1, 0.15) is 33.3 Å². The van der Waals surface area contributed by atoms with E-state index in [1.165, 1.54) is 0 Å². The van der Waals surface area contributed by atoms with E-state index >= 15 is 0 Å². The third-order valence-corrected chi connectivity index (χ3v) is 4.57. The lowest BCUT2D eigenvalue weighted by Gasteiger charge is -2.41. The van der Waals surface area contributed by atoms with Crippen molar-refractivity contribution in [3.05, 3.63) is 35.9 Å². The fourth-order valence-corrected chi connectivity index (χ4v) is 3.62. The van der Waals surface area contributed by atoms with Crippen LogP contribution < -0.4 is 5.32 Å². The molecule has 1 heterocycles. The van der Waals surface area contributed by atoms with Crippen LogP contribution in [-0.4, -0.2) is 59.9 Å². The number of nitrogens with one attached hydrogen (secondary N) is 1. The van der Waals surface area contributed by atoms with Crippen LogP contribution in [0.25, 0.3) is 0 Å². The van der Waals surface area contributed by atoms with E-state index in [1.807, 2.05) is 44.2 Å². The molecule has 2 N–H and O–H groups in total. The maximum absolute atomic E-state index is 12.7. The van der Waals surface area contributed by atoms with Crippen molar-refractivity contribution in [1.82, 2.24) is 10.2 Å². The van der Waals surface area contributed by atoms with Gasteiger partial charge in [0.2, 0.25) is 5.91 Å². The number of benzene rings is 1. The predicted molar refractivity (Wildman–Crippen MR) is 99.4 cm³/mol. The van der Waals surface area contributed by atoms with Crippen LogP contribution in [0.2, 0.25) is 0 Å². The molecule has 0 aromatic heterocycles. The predicted octanol–water partition coefficient (Wildman–Crippen LogP) is 1.84. The first-order valence-electron chi connectivity index (χ1n) is 9.26. The van der Waals surface area contributed by atoms with Gasteiger partial charge in [-0.05, 0) is 25.3 Å². The van der Waals surface area contributed by atoms with Gasteiger partial charge in [-0.25, -0.2) is 0 Å². The van der Waals surface area contributed by atoms with Crippen molar-refractivity contribution >= 4 is 5.91 Å². The fraction of sp³-hybridized carbons (Fsp3) is 0.650. The van der Waals surface area contributed by atoms with E-state index in [4.69, 9.17) is 4.74 Å². The summed E-state index contributed by atoms with van der Waals surface area (Å²) in [7, 11) is 0. The summed E-state index contributed by atoms with van der Waals surface area (Å²) in [6.07, 6.45) is 0.212. The first-order valence-corrected chi connectivity index (χ1v) is 9.26. The second-order valence-electron chi connectivity index (χ2n) is 7.49. The SMILES string of the molecule is CC1CN(C(C(=O)NCC(O)Cc2ccccc2)C(C)C)CC(C)O1. The highest BCUT2D eigenvalue weighted by molar-refractivity contribution is 5.82. The van der Waals surface area contributed by atoms with E-state index in [2.05, 4.69) is 24.1 Å². The molecule has 5 nitrogen and oxygen atoms in total. The molecule has 1 saturated heterocycles. The molecule has 1 aromatic rings. The van der Waals surface area contributed by atoms with Gasteiger partial charge in [0.05, 0.1) is 24.4 Å². The normalized spacial score (nSPS) is 24.1. The Balaban J connectivity index is 1.89. The monoisotopic (exact) mass is 348 g/mol. The first-order chi connectivity index (χ1) is 11.9. The molecule has 2 rings (SSSR count). The van der Waals surface area contributed by atoms with Crippen LogP contribution in [0, 0.1) is 5.92 Å². The minimum absolute atomic E-state index is 0.0107. The number of carbonyl (C=O) groups is 1. The van der Waals surface area contributed by atoms with E-state index in [0.29, 0.717) is 6.42 Å². The number of aliphatic hydroxyl groups is 1. The molecular formula is C20H32N2O3. The van der Waals surface area contributed by atoms with E-state index in [-0.39, 0.29) is 36.6 Å². The topological polar surface area (TPSA) is 61.8 Å². The molecule has 0 spiro atoms. The number of hydrogen-bond acceptors (Lipinski definition) is 4. The van der Waals surface area contributed by atoms with E-state index in [0.717, 1.165) is 18.7 Å². The maximum atomic E-state index is 12.7. The van der Waals surface area contributed by atoms with Gasteiger partial charge in [0.25, 0.3) is 0 Å². The standard InChI is InChI=1S/C20H32N2O3/c1-14(2)19(22-12-15(3)25-16(4)13-22)20(24)21-11-18(23)10-17-8-6-5-7-9-17/h5-9,14-16,18-19,23H,10-13H2,1-4H3,(H,21,24). The fourth-order valence-electron chi connectivity index (χ4n) is 3.62. The van der Waals surface area contributed by atoms with Gasteiger partial charge >= 0.3 is 0 Å². The summed E-state index contributed by atoms with van der Waals surface area (Å²) in [4.78, 5) is 15.0. The Morgan fingerprint density at radius 2 is 1.84 bits per heavy atom. The molecule has 0 bridgehead atoms. The van der Waals surface area contributed by atoms with Gasteiger partial charge in [-0.2, -0.15) is 0 Å². The summed E-state index contributed by atoms with van der Waals surface area (Å²) in [6, 6.07) is 9.64. The Morgan fingerprint density at radius 1 is 1.24 bits per heavy atom. The van der Waals surface area contributed by atoms with Crippen molar-refractivity contribution < 1.29 is 14.6 Å². The molecule has 4 atom stereocenters. The molecule has 1 aliphatic rings. The van der Waals surface area contributed by atoms with Gasteiger partial charge in [-0.1, -0.05) is 44.2 Å². The molecule has 0 radical (unpaired) electrons. The van der Waals surface area contributed by atoms with Crippen LogP contribution in [0.4, 0.5) is 0 Å². The number of ether oxygens (including phenoxy) is 1. The summed E-state index contributed by atoms with van der Waals surface area (Å²) in [5.41, 5.74) is 1.07. The molecule has 0 saturated carbocycles. The molecule has 1 amide bonds. The van der Waals surface area contributed by atoms with Gasteiger partial charge in [0, 0.05) is 26.1 Å². The smallest absolute Gasteiger partial charge is 0.237 e. The Bertz CT molecular complexity index is 525. The highest BCUT2D eigenvalue weighted by Gasteiger charge is 2.34. The minimum Gasteiger partial charge on any atom is -0.391 e. The zero-order chi connectivity index (χ0) is 18.4. The second-order valence-corrected chi connectivity index (χ2v) is 7.49. The van der Waals surface area contributed by atoms with Crippen LogP contribution in [0.3, 0.4) is 0 Å². The third kappa shape index (κ3) is 6.10. The van der Waals surface area contributed by atoms with Gasteiger partial charge in [-0.3, -0.25) is 9.69 Å². The Kier molecular flexibility index (Phi) is 7.41.